The Kier molecular flexibility index (Phi) is 5.47. The Morgan fingerprint density at radius 1 is 1.26 bits per heavy atom. The van der Waals surface area contributed by atoms with Crippen LogP contribution in [0, 0.1) is 5.92 Å². The van der Waals surface area contributed by atoms with Crippen LogP contribution in [0.25, 0.3) is 0 Å². The average Bonchev–Trinajstić information content (AvgIpc) is 3.13. The third kappa shape index (κ3) is 6.10. The van der Waals surface area contributed by atoms with Crippen molar-refractivity contribution in [1.29, 1.82) is 0 Å². The molecular weight excluding hydrogens is 257 g/mol. The predicted octanol–water partition coefficient (Wildman–Crippen LogP) is 2.03. The van der Waals surface area contributed by atoms with Crippen molar-refractivity contribution < 1.29 is 17.9 Å². The van der Waals surface area contributed by atoms with Crippen LogP contribution in [0.15, 0.2) is 0 Å². The van der Waals surface area contributed by atoms with Crippen LogP contribution in [-0.2, 0) is 4.74 Å². The van der Waals surface area contributed by atoms with Crippen LogP contribution in [0.2, 0.25) is 0 Å². The van der Waals surface area contributed by atoms with Gasteiger partial charge in [-0.3, -0.25) is 0 Å². The number of hydrogen-bond acceptors (Lipinski definition) is 3. The van der Waals surface area contributed by atoms with Crippen molar-refractivity contribution in [2.75, 3.05) is 39.4 Å². The van der Waals surface area contributed by atoms with Gasteiger partial charge in [-0.2, -0.15) is 13.2 Å². The Balaban J connectivity index is 1.58. The summed E-state index contributed by atoms with van der Waals surface area (Å²) in [4.78, 5) is 2.36. The van der Waals surface area contributed by atoms with Crippen molar-refractivity contribution in [3.8, 4) is 0 Å². The van der Waals surface area contributed by atoms with Gasteiger partial charge in [-0.15, -0.1) is 0 Å². The molecule has 1 heterocycles. The largest absolute Gasteiger partial charge is 0.411 e. The minimum Gasteiger partial charge on any atom is -0.372 e. The maximum atomic E-state index is 11.9. The summed E-state index contributed by atoms with van der Waals surface area (Å²) in [6.45, 7) is 3.03. The molecule has 3 nitrogen and oxygen atoms in total. The molecule has 0 spiro atoms. The number of rotatable bonds is 6. The molecule has 0 radical (unpaired) electrons. The first-order chi connectivity index (χ1) is 9.04. The van der Waals surface area contributed by atoms with Gasteiger partial charge in [0.15, 0.2) is 0 Å². The van der Waals surface area contributed by atoms with Crippen LogP contribution in [0.5, 0.6) is 0 Å². The fourth-order valence-corrected chi connectivity index (χ4v) is 2.62. The van der Waals surface area contributed by atoms with E-state index in [0.717, 1.165) is 38.5 Å². The second-order valence-corrected chi connectivity index (χ2v) is 5.57. The molecule has 2 fully saturated rings. The molecule has 1 saturated carbocycles. The fraction of sp³-hybridized carbons (Fsp3) is 1.00. The number of hydrogen-bond donors (Lipinski definition) is 1. The molecule has 1 unspecified atom stereocenters. The Labute approximate surface area is 112 Å². The highest BCUT2D eigenvalue weighted by Gasteiger charge is 2.33. The molecule has 2 aliphatic rings. The van der Waals surface area contributed by atoms with E-state index in [1.807, 2.05) is 0 Å². The highest BCUT2D eigenvalue weighted by atomic mass is 19.4. The van der Waals surface area contributed by atoms with Crippen molar-refractivity contribution in [3.05, 3.63) is 0 Å². The summed E-state index contributed by atoms with van der Waals surface area (Å²) >= 11 is 0. The maximum absolute atomic E-state index is 11.9. The van der Waals surface area contributed by atoms with E-state index < -0.39 is 12.8 Å². The lowest BCUT2D eigenvalue weighted by atomic mass is 10.2. The van der Waals surface area contributed by atoms with Gasteiger partial charge in [0.2, 0.25) is 0 Å². The second kappa shape index (κ2) is 6.90. The van der Waals surface area contributed by atoms with Crippen LogP contribution in [0.1, 0.15) is 25.7 Å². The Hall–Kier alpha value is -0.330. The monoisotopic (exact) mass is 280 g/mol. The SMILES string of the molecule is FC(F)(F)COCCCN1CCCNC(C2CC2)C1. The smallest absolute Gasteiger partial charge is 0.372 e. The lowest BCUT2D eigenvalue weighted by Crippen LogP contribution is -2.39. The zero-order valence-corrected chi connectivity index (χ0v) is 11.2. The Morgan fingerprint density at radius 2 is 2.05 bits per heavy atom. The number of alkyl halides is 3. The van der Waals surface area contributed by atoms with E-state index in [-0.39, 0.29) is 6.61 Å². The Morgan fingerprint density at radius 3 is 2.74 bits per heavy atom. The highest BCUT2D eigenvalue weighted by Crippen LogP contribution is 2.33. The Bertz CT molecular complexity index is 269. The molecule has 0 aromatic carbocycles. The van der Waals surface area contributed by atoms with Crippen LogP contribution in [-0.4, -0.2) is 56.5 Å². The van der Waals surface area contributed by atoms with Crippen molar-refractivity contribution in [1.82, 2.24) is 10.2 Å². The lowest BCUT2D eigenvalue weighted by Gasteiger charge is -2.24. The summed E-state index contributed by atoms with van der Waals surface area (Å²) in [5.41, 5.74) is 0. The zero-order valence-electron chi connectivity index (χ0n) is 11.2. The van der Waals surface area contributed by atoms with Crippen LogP contribution in [0.4, 0.5) is 13.2 Å². The molecule has 112 valence electrons. The van der Waals surface area contributed by atoms with E-state index >= 15 is 0 Å². The van der Waals surface area contributed by atoms with Gasteiger partial charge in [0.05, 0.1) is 0 Å². The van der Waals surface area contributed by atoms with Gasteiger partial charge in [0, 0.05) is 25.7 Å². The van der Waals surface area contributed by atoms with Crippen molar-refractivity contribution in [2.45, 2.75) is 37.9 Å². The zero-order chi connectivity index (χ0) is 13.7. The highest BCUT2D eigenvalue weighted by molar-refractivity contribution is 4.89. The quantitative estimate of drug-likeness (QED) is 0.754. The first-order valence-electron chi connectivity index (χ1n) is 7.15. The standard InChI is InChI=1S/C13H23F3N2O/c14-13(15,16)10-19-8-2-7-18-6-1-5-17-12(9-18)11-3-4-11/h11-12,17H,1-10H2. The molecular formula is C13H23F3N2O. The molecule has 6 heteroatoms. The van der Waals surface area contributed by atoms with Crippen molar-refractivity contribution in [3.63, 3.8) is 0 Å². The van der Waals surface area contributed by atoms with Crippen LogP contribution >= 0.6 is 0 Å². The molecule has 0 amide bonds. The van der Waals surface area contributed by atoms with E-state index in [9.17, 15) is 13.2 Å². The summed E-state index contributed by atoms with van der Waals surface area (Å²) in [5, 5.41) is 3.57. The molecule has 19 heavy (non-hydrogen) atoms. The van der Waals surface area contributed by atoms with Gasteiger partial charge in [-0.1, -0.05) is 0 Å². The molecule has 0 aromatic rings. The van der Waals surface area contributed by atoms with Crippen LogP contribution in [0.3, 0.4) is 0 Å². The minimum atomic E-state index is -4.20. The summed E-state index contributed by atoms with van der Waals surface area (Å²) < 4.78 is 40.3. The number of nitrogens with zero attached hydrogens (tertiary/aromatic N) is 1. The molecule has 1 aliphatic heterocycles. The maximum Gasteiger partial charge on any atom is 0.411 e. The fourth-order valence-electron chi connectivity index (χ4n) is 2.62. The van der Waals surface area contributed by atoms with E-state index in [4.69, 9.17) is 0 Å². The van der Waals surface area contributed by atoms with Gasteiger partial charge in [-0.25, -0.2) is 0 Å². The third-order valence-corrected chi connectivity index (χ3v) is 3.73. The molecule has 1 aliphatic carbocycles. The van der Waals surface area contributed by atoms with Crippen molar-refractivity contribution in [2.24, 2.45) is 5.92 Å². The molecule has 1 N–H and O–H groups in total. The van der Waals surface area contributed by atoms with E-state index in [0.29, 0.717) is 12.5 Å². The summed E-state index contributed by atoms with van der Waals surface area (Å²) in [5.74, 6) is 0.821. The van der Waals surface area contributed by atoms with Crippen molar-refractivity contribution >= 4 is 0 Å². The average molecular weight is 280 g/mol. The number of nitrogens with one attached hydrogen (secondary N) is 1. The number of ether oxygens (including phenoxy) is 1. The molecule has 1 saturated heterocycles. The normalized spacial score (nSPS) is 26.4. The first kappa shape index (κ1) is 15.1. The van der Waals surface area contributed by atoms with Gasteiger partial charge in [0.25, 0.3) is 0 Å². The molecule has 1 atom stereocenters. The lowest BCUT2D eigenvalue weighted by molar-refractivity contribution is -0.174. The summed E-state index contributed by atoms with van der Waals surface area (Å²) in [6.07, 6.45) is 0.226. The number of halogens is 3. The van der Waals surface area contributed by atoms with Gasteiger partial charge < -0.3 is 15.0 Å². The van der Waals surface area contributed by atoms with Gasteiger partial charge in [-0.05, 0) is 44.7 Å². The van der Waals surface area contributed by atoms with Gasteiger partial charge >= 0.3 is 6.18 Å². The van der Waals surface area contributed by atoms with E-state index in [1.54, 1.807) is 0 Å². The summed E-state index contributed by atoms with van der Waals surface area (Å²) in [7, 11) is 0. The van der Waals surface area contributed by atoms with E-state index in [2.05, 4.69) is 15.0 Å². The molecule has 0 aromatic heterocycles. The molecule has 2 rings (SSSR count). The third-order valence-electron chi connectivity index (χ3n) is 3.73. The van der Waals surface area contributed by atoms with E-state index in [1.165, 1.54) is 12.8 Å². The second-order valence-electron chi connectivity index (χ2n) is 5.57. The predicted molar refractivity (Wildman–Crippen MR) is 67.1 cm³/mol. The minimum absolute atomic E-state index is 0.192. The first-order valence-corrected chi connectivity index (χ1v) is 7.15. The molecule has 0 bridgehead atoms. The van der Waals surface area contributed by atoms with Crippen LogP contribution < -0.4 is 5.32 Å². The summed E-state index contributed by atoms with van der Waals surface area (Å²) in [6, 6.07) is 0.582. The van der Waals surface area contributed by atoms with Gasteiger partial charge in [0.1, 0.15) is 6.61 Å². The topological polar surface area (TPSA) is 24.5 Å².